The second kappa shape index (κ2) is 2.84. The summed E-state index contributed by atoms with van der Waals surface area (Å²) in [6, 6.07) is 0. The average Bonchev–Trinajstić information content (AvgIpc) is 2.47. The second-order valence-corrected chi connectivity index (χ2v) is 2.97. The van der Waals surface area contributed by atoms with Crippen molar-refractivity contribution < 1.29 is 4.74 Å². The van der Waals surface area contributed by atoms with Crippen molar-refractivity contribution in [1.82, 2.24) is 15.0 Å². The third-order valence-corrected chi connectivity index (χ3v) is 2.13. The van der Waals surface area contributed by atoms with Crippen LogP contribution in [0.5, 0.6) is 0 Å². The minimum absolute atomic E-state index is 0.0959. The van der Waals surface area contributed by atoms with Crippen molar-refractivity contribution in [2.45, 2.75) is 26.2 Å². The molecule has 1 atom stereocenters. The van der Waals surface area contributed by atoms with Crippen molar-refractivity contribution in [3.8, 4) is 0 Å². The molecule has 1 aliphatic rings. The van der Waals surface area contributed by atoms with Gasteiger partial charge < -0.3 is 10.5 Å². The number of hydrogen-bond acceptors (Lipinski definition) is 4. The summed E-state index contributed by atoms with van der Waals surface area (Å²) in [6.45, 7) is 3.79. The number of fused-ring (bicyclic) bond motifs is 1. The summed E-state index contributed by atoms with van der Waals surface area (Å²) in [7, 11) is 0. The van der Waals surface area contributed by atoms with Crippen molar-refractivity contribution >= 4 is 0 Å². The number of ether oxygens (including phenoxy) is 1. The van der Waals surface area contributed by atoms with Crippen LogP contribution in [0, 0.1) is 6.92 Å². The van der Waals surface area contributed by atoms with Gasteiger partial charge in [-0.3, -0.25) is 0 Å². The van der Waals surface area contributed by atoms with Crippen LogP contribution in [-0.2, 0) is 17.9 Å². The van der Waals surface area contributed by atoms with E-state index < -0.39 is 0 Å². The van der Waals surface area contributed by atoms with E-state index in [2.05, 4.69) is 10.3 Å². The first-order chi connectivity index (χ1) is 5.81. The third-order valence-electron chi connectivity index (χ3n) is 2.13. The summed E-state index contributed by atoms with van der Waals surface area (Å²) in [5.41, 5.74) is 7.50. The molecule has 12 heavy (non-hydrogen) atoms. The molecule has 0 bridgehead atoms. The lowest BCUT2D eigenvalue weighted by Crippen LogP contribution is -2.33. The van der Waals surface area contributed by atoms with E-state index in [0.29, 0.717) is 13.2 Å². The Morgan fingerprint density at radius 2 is 2.58 bits per heavy atom. The molecule has 0 radical (unpaired) electrons. The SMILES string of the molecule is Cc1nnn2c1COC(CN)C2. The van der Waals surface area contributed by atoms with Crippen LogP contribution in [-0.4, -0.2) is 27.6 Å². The van der Waals surface area contributed by atoms with Crippen LogP contribution >= 0.6 is 0 Å². The standard InChI is InChI=1S/C7H12N4O/c1-5-7-4-12-6(2-8)3-11(7)10-9-5/h6H,2-4,8H2,1H3. The molecular weight excluding hydrogens is 156 g/mol. The van der Waals surface area contributed by atoms with Gasteiger partial charge in [-0.2, -0.15) is 0 Å². The van der Waals surface area contributed by atoms with Gasteiger partial charge in [0.1, 0.15) is 0 Å². The fourth-order valence-corrected chi connectivity index (χ4v) is 1.33. The van der Waals surface area contributed by atoms with E-state index in [1.807, 2.05) is 11.6 Å². The van der Waals surface area contributed by atoms with Gasteiger partial charge in [-0.1, -0.05) is 5.21 Å². The van der Waals surface area contributed by atoms with Gasteiger partial charge in [0.05, 0.1) is 30.6 Å². The Morgan fingerprint density at radius 3 is 3.33 bits per heavy atom. The summed E-state index contributed by atoms with van der Waals surface area (Å²) < 4.78 is 7.34. The van der Waals surface area contributed by atoms with Gasteiger partial charge in [-0.25, -0.2) is 4.68 Å². The maximum Gasteiger partial charge on any atom is 0.0909 e. The first kappa shape index (κ1) is 7.70. The van der Waals surface area contributed by atoms with Crippen LogP contribution in [0.15, 0.2) is 0 Å². The molecule has 1 aliphatic heterocycles. The predicted octanol–water partition coefficient (Wildman–Crippen LogP) is -0.556. The van der Waals surface area contributed by atoms with Crippen molar-refractivity contribution in [2.24, 2.45) is 5.73 Å². The largest absolute Gasteiger partial charge is 0.369 e. The number of nitrogens with zero attached hydrogens (tertiary/aromatic N) is 3. The minimum Gasteiger partial charge on any atom is -0.369 e. The highest BCUT2D eigenvalue weighted by molar-refractivity contribution is 5.07. The third kappa shape index (κ3) is 1.11. The highest BCUT2D eigenvalue weighted by atomic mass is 16.5. The Morgan fingerprint density at radius 1 is 1.75 bits per heavy atom. The number of hydrogen-bond donors (Lipinski definition) is 1. The molecule has 5 nitrogen and oxygen atoms in total. The van der Waals surface area contributed by atoms with Crippen LogP contribution < -0.4 is 5.73 Å². The molecule has 66 valence electrons. The van der Waals surface area contributed by atoms with Crippen LogP contribution in [0.4, 0.5) is 0 Å². The molecule has 1 unspecified atom stereocenters. The summed E-state index contributed by atoms with van der Waals surface area (Å²) in [4.78, 5) is 0. The van der Waals surface area contributed by atoms with E-state index in [-0.39, 0.29) is 6.10 Å². The molecule has 2 N–H and O–H groups in total. The molecule has 0 aromatic carbocycles. The molecule has 5 heteroatoms. The lowest BCUT2D eigenvalue weighted by atomic mass is 10.2. The van der Waals surface area contributed by atoms with Gasteiger partial charge in [0.2, 0.25) is 0 Å². The highest BCUT2D eigenvalue weighted by Crippen LogP contribution is 2.13. The van der Waals surface area contributed by atoms with Crippen molar-refractivity contribution in [2.75, 3.05) is 6.54 Å². The van der Waals surface area contributed by atoms with Gasteiger partial charge in [0.15, 0.2) is 0 Å². The normalized spacial score (nSPS) is 22.3. The Kier molecular flexibility index (Phi) is 1.82. The van der Waals surface area contributed by atoms with E-state index in [9.17, 15) is 0 Å². The number of rotatable bonds is 1. The smallest absolute Gasteiger partial charge is 0.0909 e. The van der Waals surface area contributed by atoms with E-state index in [1.165, 1.54) is 0 Å². The predicted molar refractivity (Wildman–Crippen MR) is 42.4 cm³/mol. The summed E-state index contributed by atoms with van der Waals surface area (Å²) in [5, 5.41) is 7.94. The van der Waals surface area contributed by atoms with Crippen molar-refractivity contribution in [3.05, 3.63) is 11.4 Å². The lowest BCUT2D eigenvalue weighted by Gasteiger charge is -2.22. The zero-order valence-corrected chi connectivity index (χ0v) is 7.03. The fraction of sp³-hybridized carbons (Fsp3) is 0.714. The van der Waals surface area contributed by atoms with E-state index >= 15 is 0 Å². The Bertz CT molecular complexity index is 283. The summed E-state index contributed by atoms with van der Waals surface area (Å²) >= 11 is 0. The Balaban J connectivity index is 2.24. The van der Waals surface area contributed by atoms with Gasteiger partial charge in [-0.05, 0) is 6.92 Å². The van der Waals surface area contributed by atoms with Gasteiger partial charge in [0.25, 0.3) is 0 Å². The molecule has 0 fully saturated rings. The number of aryl methyl sites for hydroxylation is 1. The van der Waals surface area contributed by atoms with Crippen LogP contribution in [0.1, 0.15) is 11.4 Å². The van der Waals surface area contributed by atoms with Gasteiger partial charge in [-0.15, -0.1) is 5.10 Å². The zero-order valence-electron chi connectivity index (χ0n) is 7.03. The number of aromatic nitrogens is 3. The Hall–Kier alpha value is -0.940. The molecule has 0 spiro atoms. The lowest BCUT2D eigenvalue weighted by molar-refractivity contribution is 0.00582. The highest BCUT2D eigenvalue weighted by Gasteiger charge is 2.20. The zero-order chi connectivity index (χ0) is 8.55. The Labute approximate surface area is 70.5 Å². The first-order valence-corrected chi connectivity index (χ1v) is 4.02. The minimum atomic E-state index is 0.0959. The average molecular weight is 168 g/mol. The van der Waals surface area contributed by atoms with Crippen LogP contribution in [0.25, 0.3) is 0 Å². The molecule has 1 aromatic rings. The molecular formula is C7H12N4O. The maximum absolute atomic E-state index is 5.48. The summed E-state index contributed by atoms with van der Waals surface area (Å²) in [6.07, 6.45) is 0.0959. The van der Waals surface area contributed by atoms with Crippen LogP contribution in [0.2, 0.25) is 0 Å². The molecule has 1 aromatic heterocycles. The second-order valence-electron chi connectivity index (χ2n) is 2.97. The van der Waals surface area contributed by atoms with E-state index in [0.717, 1.165) is 17.9 Å². The molecule has 2 rings (SSSR count). The first-order valence-electron chi connectivity index (χ1n) is 4.02. The fourth-order valence-electron chi connectivity index (χ4n) is 1.33. The van der Waals surface area contributed by atoms with Gasteiger partial charge >= 0.3 is 0 Å². The van der Waals surface area contributed by atoms with Gasteiger partial charge in [0, 0.05) is 6.54 Å². The van der Waals surface area contributed by atoms with Crippen molar-refractivity contribution in [1.29, 1.82) is 0 Å². The molecule has 2 heterocycles. The van der Waals surface area contributed by atoms with Crippen molar-refractivity contribution in [3.63, 3.8) is 0 Å². The van der Waals surface area contributed by atoms with Crippen LogP contribution in [0.3, 0.4) is 0 Å². The molecule has 0 saturated carbocycles. The van der Waals surface area contributed by atoms with E-state index in [4.69, 9.17) is 10.5 Å². The quantitative estimate of drug-likeness (QED) is 0.610. The number of nitrogens with two attached hydrogens (primary N) is 1. The topological polar surface area (TPSA) is 66.0 Å². The summed E-state index contributed by atoms with van der Waals surface area (Å²) in [5.74, 6) is 0. The maximum atomic E-state index is 5.48. The molecule has 0 aliphatic carbocycles. The molecule has 0 amide bonds. The monoisotopic (exact) mass is 168 g/mol. The van der Waals surface area contributed by atoms with E-state index in [1.54, 1.807) is 0 Å². The molecule has 0 saturated heterocycles.